The van der Waals surface area contributed by atoms with E-state index in [0.717, 1.165) is 24.8 Å². The van der Waals surface area contributed by atoms with Crippen molar-refractivity contribution < 1.29 is 33.9 Å². The van der Waals surface area contributed by atoms with E-state index in [9.17, 15) is 24.5 Å². The Hall–Kier alpha value is -2.49. The number of imide groups is 1. The zero-order valence-corrected chi connectivity index (χ0v) is 22.7. The van der Waals surface area contributed by atoms with Crippen LogP contribution in [0, 0.1) is 34.0 Å². The average Bonchev–Trinajstić information content (AvgIpc) is 3.44. The monoisotopic (exact) mass is 523 g/mol. The van der Waals surface area contributed by atoms with Crippen molar-refractivity contribution >= 4 is 30.4 Å². The fourth-order valence-corrected chi connectivity index (χ4v) is 8.18. The van der Waals surface area contributed by atoms with Crippen LogP contribution in [-0.4, -0.2) is 47.2 Å². The van der Waals surface area contributed by atoms with Gasteiger partial charge in [-0.3, -0.25) is 14.9 Å². The maximum atomic E-state index is 13.5. The smallest absolute Gasteiger partial charge is 0.445 e. The van der Waals surface area contributed by atoms with Gasteiger partial charge in [-0.2, -0.15) is 0 Å². The summed E-state index contributed by atoms with van der Waals surface area (Å²) in [5, 5.41) is 23.9. The molecule has 3 fully saturated rings. The first-order valence-electron chi connectivity index (χ1n) is 13.7. The number of hydrogen-bond acceptors (Lipinski definition) is 7. The molecule has 8 atom stereocenters. The summed E-state index contributed by atoms with van der Waals surface area (Å²) < 4.78 is 11.3. The van der Waals surface area contributed by atoms with E-state index in [4.69, 9.17) is 9.39 Å². The van der Waals surface area contributed by atoms with Gasteiger partial charge < -0.3 is 19.5 Å². The lowest BCUT2D eigenvalue weighted by atomic mass is 9.44. The average molecular weight is 523 g/mol. The third kappa shape index (κ3) is 3.88. The van der Waals surface area contributed by atoms with Gasteiger partial charge in [0, 0.05) is 28.7 Å². The number of aliphatic hydroxyl groups excluding tert-OH is 1. The Bertz CT molecular complexity index is 1190. The first kappa shape index (κ1) is 27.1. The minimum absolute atomic E-state index is 0.0888. The molecule has 0 aromatic heterocycles. The zero-order valence-electron chi connectivity index (χ0n) is 22.7. The van der Waals surface area contributed by atoms with E-state index in [-0.39, 0.29) is 47.5 Å². The van der Waals surface area contributed by atoms with Gasteiger partial charge >= 0.3 is 13.2 Å². The van der Waals surface area contributed by atoms with Crippen LogP contribution in [-0.2, 0) is 20.8 Å². The van der Waals surface area contributed by atoms with Crippen LogP contribution < -0.4 is 10.8 Å². The van der Waals surface area contributed by atoms with Crippen LogP contribution in [0.25, 0.3) is 0 Å². The van der Waals surface area contributed by atoms with Gasteiger partial charge in [-0.1, -0.05) is 39.8 Å². The molecule has 38 heavy (non-hydrogen) atoms. The molecular formula is C29H38BNO7. The van der Waals surface area contributed by atoms with Crippen molar-refractivity contribution in [3.05, 3.63) is 42.0 Å². The first-order chi connectivity index (χ1) is 17.9. The summed E-state index contributed by atoms with van der Waals surface area (Å²) in [4.78, 5) is 39.7. The Morgan fingerprint density at radius 1 is 1.26 bits per heavy atom. The van der Waals surface area contributed by atoms with E-state index in [2.05, 4.69) is 32.7 Å². The van der Waals surface area contributed by atoms with Crippen molar-refractivity contribution in [3.8, 4) is 0 Å². The number of alkyl carbamates (subject to hydrolysis) is 1. The number of rotatable bonds is 3. The number of carbonyl (C=O) groups is 3. The lowest BCUT2D eigenvalue weighted by Gasteiger charge is -2.61. The van der Waals surface area contributed by atoms with Crippen LogP contribution in [0.2, 0.25) is 0 Å². The van der Waals surface area contributed by atoms with E-state index >= 15 is 0 Å². The fraction of sp³-hybridized carbons (Fsp3) is 0.621. The van der Waals surface area contributed by atoms with Crippen LogP contribution in [0.4, 0.5) is 4.79 Å². The molecule has 5 rings (SSSR count). The predicted octanol–water partition coefficient (Wildman–Crippen LogP) is 3.13. The number of nitrogens with one attached hydrogen (secondary N) is 1. The minimum Gasteiger partial charge on any atom is -0.445 e. The van der Waals surface area contributed by atoms with Gasteiger partial charge in [0.15, 0.2) is 0 Å². The molecule has 1 aromatic carbocycles. The second-order valence-corrected chi connectivity index (χ2v) is 12.5. The van der Waals surface area contributed by atoms with Gasteiger partial charge in [0.25, 0.3) is 5.91 Å². The number of carbonyl (C=O) groups excluding carboxylic acids is 3. The lowest BCUT2D eigenvalue weighted by Crippen LogP contribution is -2.63. The second kappa shape index (κ2) is 9.31. The van der Waals surface area contributed by atoms with Crippen LogP contribution in [0.3, 0.4) is 0 Å². The summed E-state index contributed by atoms with van der Waals surface area (Å²) in [5.41, 5.74) is -0.317. The number of ether oxygens (including phenoxy) is 1. The Morgan fingerprint density at radius 2 is 2.00 bits per heavy atom. The minimum atomic E-state index is -1.11. The van der Waals surface area contributed by atoms with Crippen molar-refractivity contribution in [1.29, 1.82) is 0 Å². The number of fused-ring (bicyclic) bond motifs is 1. The van der Waals surface area contributed by atoms with E-state index in [0.29, 0.717) is 11.9 Å². The van der Waals surface area contributed by atoms with Gasteiger partial charge in [0.05, 0.1) is 12.7 Å². The van der Waals surface area contributed by atoms with E-state index < -0.39 is 42.2 Å². The van der Waals surface area contributed by atoms with Crippen LogP contribution >= 0.6 is 0 Å². The maximum Gasteiger partial charge on any atom is 0.491 e. The second-order valence-electron chi connectivity index (χ2n) is 12.5. The molecule has 1 heterocycles. The van der Waals surface area contributed by atoms with Crippen molar-refractivity contribution in [3.63, 3.8) is 0 Å². The normalized spacial score (nSPS) is 40.0. The highest BCUT2D eigenvalue weighted by molar-refractivity contribution is 6.61. The van der Waals surface area contributed by atoms with Gasteiger partial charge in [0.2, 0.25) is 0 Å². The maximum absolute atomic E-state index is 13.5. The summed E-state index contributed by atoms with van der Waals surface area (Å²) in [6, 6.07) is 4.77. The largest absolute Gasteiger partial charge is 0.491 e. The number of benzene rings is 1. The van der Waals surface area contributed by atoms with Gasteiger partial charge in [-0.05, 0) is 66.1 Å². The van der Waals surface area contributed by atoms with Gasteiger partial charge in [0.1, 0.15) is 11.9 Å². The molecular weight excluding hydrogens is 485 g/mol. The molecule has 0 saturated heterocycles. The molecule has 0 spiro atoms. The summed E-state index contributed by atoms with van der Waals surface area (Å²) >= 11 is 0. The fourth-order valence-electron chi connectivity index (χ4n) is 8.18. The highest BCUT2D eigenvalue weighted by Crippen LogP contribution is 2.67. The molecule has 8 nitrogen and oxygen atoms in total. The molecule has 1 aliphatic heterocycles. The number of amides is 2. The molecule has 3 N–H and O–H groups in total. The Kier molecular flexibility index (Phi) is 6.64. The molecule has 3 saturated carbocycles. The van der Waals surface area contributed by atoms with E-state index in [1.807, 2.05) is 6.92 Å². The molecule has 4 aliphatic rings. The third-order valence-corrected chi connectivity index (χ3v) is 10.8. The highest BCUT2D eigenvalue weighted by atomic mass is 16.6. The van der Waals surface area contributed by atoms with Crippen LogP contribution in [0.1, 0.15) is 75.7 Å². The Labute approximate surface area is 224 Å². The van der Waals surface area contributed by atoms with Gasteiger partial charge in [-0.15, -0.1) is 6.58 Å². The highest BCUT2D eigenvalue weighted by Gasteiger charge is 2.68. The molecule has 204 valence electrons. The number of aliphatic hydroxyl groups is 1. The quantitative estimate of drug-likeness (QED) is 0.411. The molecule has 3 aliphatic carbocycles. The van der Waals surface area contributed by atoms with Crippen LogP contribution in [0.15, 0.2) is 30.9 Å². The molecule has 0 unspecified atom stereocenters. The van der Waals surface area contributed by atoms with E-state index in [1.165, 1.54) is 6.07 Å². The summed E-state index contributed by atoms with van der Waals surface area (Å²) in [7, 11) is -1.11. The topological polar surface area (TPSA) is 122 Å². The van der Waals surface area contributed by atoms with E-state index in [1.54, 1.807) is 18.2 Å². The van der Waals surface area contributed by atoms with Gasteiger partial charge in [-0.25, -0.2) is 4.79 Å². The standard InChI is InChI=1S/C29H38BNO7/c1-6-27(4)14-22(38-26(35)31-25(34)18-7-8-19-15-37-30(36)20(19)13-18)28(5)16(2)9-11-29(17(3)24(27)33)12-10-21(32)23(28)29/h6-8,13,16-17,22-24,33,36H,1,9-12,14-15H2,2-5H3,(H,31,34,35)/t16-,17-,22+,23-,24-,27+,28-,29-/m0/s1. The third-order valence-electron chi connectivity index (χ3n) is 10.8. The van der Waals surface area contributed by atoms with Crippen molar-refractivity contribution in [2.75, 3.05) is 0 Å². The molecule has 0 radical (unpaired) electrons. The number of hydrogen-bond donors (Lipinski definition) is 3. The van der Waals surface area contributed by atoms with Crippen molar-refractivity contribution in [2.24, 2.45) is 34.0 Å². The molecule has 1 aromatic rings. The number of ketones is 1. The lowest BCUT2D eigenvalue weighted by molar-refractivity contribution is -0.191. The Balaban J connectivity index is 1.46. The Morgan fingerprint density at radius 3 is 2.71 bits per heavy atom. The molecule has 2 amide bonds. The summed E-state index contributed by atoms with van der Waals surface area (Å²) in [5.74, 6) is -0.861. The van der Waals surface area contributed by atoms with Crippen molar-refractivity contribution in [1.82, 2.24) is 5.32 Å². The summed E-state index contributed by atoms with van der Waals surface area (Å²) in [6.45, 7) is 12.4. The predicted molar refractivity (Wildman–Crippen MR) is 141 cm³/mol. The molecule has 2 bridgehead atoms. The number of Topliss-reactive ketones (excluding diaryl/α,β-unsaturated/α-hetero) is 1. The molecule has 9 heteroatoms. The van der Waals surface area contributed by atoms with Crippen LogP contribution in [0.5, 0.6) is 0 Å². The SMILES string of the molecule is C=C[C@]1(C)C[C@@H](OC(=O)NC(=O)c2ccc3c(c2)B(O)OC3)[C@@]2(C)[C@@H]3C(=O)CC[C@@]3(CC[C@@H]2C)[C@@H](C)[C@@H]1O. The summed E-state index contributed by atoms with van der Waals surface area (Å²) in [6.07, 6.45) is 2.52. The van der Waals surface area contributed by atoms with Crippen molar-refractivity contribution in [2.45, 2.75) is 78.6 Å². The first-order valence-corrected chi connectivity index (χ1v) is 13.7. The zero-order chi connectivity index (χ0) is 27.6.